The Hall–Kier alpha value is -2.09. The normalized spacial score (nSPS) is 15.7. The molecular weight excluding hydrogens is 379 g/mol. The number of likely N-dealkylation sites (tertiary alicyclic amines) is 1. The van der Waals surface area contributed by atoms with E-state index in [9.17, 15) is 18.0 Å². The predicted octanol–water partition coefficient (Wildman–Crippen LogP) is 4.96. The van der Waals surface area contributed by atoms with Gasteiger partial charge in [0.2, 0.25) is 0 Å². The molecule has 146 valence electrons. The zero-order valence-electron chi connectivity index (χ0n) is 14.6. The zero-order valence-corrected chi connectivity index (χ0v) is 15.4. The Labute approximate surface area is 159 Å². The highest BCUT2D eigenvalue weighted by molar-refractivity contribution is 7.98. The minimum atomic E-state index is -4.73. The third-order valence-corrected chi connectivity index (χ3v) is 5.61. The summed E-state index contributed by atoms with van der Waals surface area (Å²) in [4.78, 5) is 14.3. The lowest BCUT2D eigenvalue weighted by Crippen LogP contribution is -2.39. The SMILES string of the molecule is O=C(c1ccc(OC(F)(F)F)cc1)N1CCC(CSCc2ccco2)CC1. The molecular formula is C19H20F3NO3S. The molecule has 0 aliphatic carbocycles. The molecule has 1 aromatic carbocycles. The number of hydrogen-bond acceptors (Lipinski definition) is 4. The number of piperidine rings is 1. The van der Waals surface area contributed by atoms with Gasteiger partial charge in [0.05, 0.1) is 12.0 Å². The fourth-order valence-corrected chi connectivity index (χ4v) is 4.16. The fourth-order valence-electron chi connectivity index (χ4n) is 3.01. The number of amides is 1. The minimum absolute atomic E-state index is 0.157. The van der Waals surface area contributed by atoms with E-state index in [4.69, 9.17) is 4.42 Å². The highest BCUT2D eigenvalue weighted by Crippen LogP contribution is 2.26. The molecule has 1 fully saturated rings. The molecule has 0 unspecified atom stereocenters. The van der Waals surface area contributed by atoms with Gasteiger partial charge in [-0.05, 0) is 60.9 Å². The van der Waals surface area contributed by atoms with Crippen molar-refractivity contribution in [2.75, 3.05) is 18.8 Å². The van der Waals surface area contributed by atoms with Crippen LogP contribution in [0.3, 0.4) is 0 Å². The molecule has 0 atom stereocenters. The van der Waals surface area contributed by atoms with E-state index in [1.807, 2.05) is 23.9 Å². The van der Waals surface area contributed by atoms with Crippen LogP contribution in [-0.2, 0) is 5.75 Å². The van der Waals surface area contributed by atoms with Crippen molar-refractivity contribution in [3.63, 3.8) is 0 Å². The Balaban J connectivity index is 1.44. The molecule has 0 spiro atoms. The second kappa shape index (κ2) is 8.73. The number of carbonyl (C=O) groups excluding carboxylic acids is 1. The Bertz CT molecular complexity index is 724. The van der Waals surface area contributed by atoms with E-state index in [1.54, 1.807) is 11.2 Å². The van der Waals surface area contributed by atoms with Gasteiger partial charge in [-0.3, -0.25) is 4.79 Å². The summed E-state index contributed by atoms with van der Waals surface area (Å²) in [6, 6.07) is 8.90. The molecule has 1 aliphatic heterocycles. The van der Waals surface area contributed by atoms with E-state index in [0.29, 0.717) is 24.6 Å². The summed E-state index contributed by atoms with van der Waals surface area (Å²) in [7, 11) is 0. The van der Waals surface area contributed by atoms with Gasteiger partial charge in [-0.25, -0.2) is 0 Å². The summed E-state index contributed by atoms with van der Waals surface area (Å²) < 4.78 is 45.7. The van der Waals surface area contributed by atoms with Crippen molar-refractivity contribution in [3.05, 3.63) is 54.0 Å². The van der Waals surface area contributed by atoms with Gasteiger partial charge in [0, 0.05) is 18.7 Å². The molecule has 3 rings (SSSR count). The summed E-state index contributed by atoms with van der Waals surface area (Å²) in [5.74, 6) is 2.90. The topological polar surface area (TPSA) is 42.7 Å². The number of thioether (sulfide) groups is 1. The number of hydrogen-bond donors (Lipinski definition) is 0. The molecule has 4 nitrogen and oxygen atoms in total. The lowest BCUT2D eigenvalue weighted by atomic mass is 9.98. The van der Waals surface area contributed by atoms with Gasteiger partial charge in [-0.2, -0.15) is 11.8 Å². The van der Waals surface area contributed by atoms with E-state index in [0.717, 1.165) is 30.1 Å². The first-order valence-corrected chi connectivity index (χ1v) is 9.81. The molecule has 1 saturated heterocycles. The summed E-state index contributed by atoms with van der Waals surface area (Å²) in [5, 5.41) is 0. The third-order valence-electron chi connectivity index (χ3n) is 4.41. The van der Waals surface area contributed by atoms with Gasteiger partial charge in [-0.15, -0.1) is 13.2 Å². The average Bonchev–Trinajstić information content (AvgIpc) is 3.14. The molecule has 27 heavy (non-hydrogen) atoms. The van der Waals surface area contributed by atoms with Crippen LogP contribution in [0.1, 0.15) is 29.0 Å². The maximum absolute atomic E-state index is 12.5. The number of rotatable bonds is 6. The minimum Gasteiger partial charge on any atom is -0.468 e. The van der Waals surface area contributed by atoms with Crippen LogP contribution in [0.2, 0.25) is 0 Å². The second-order valence-electron chi connectivity index (χ2n) is 6.40. The van der Waals surface area contributed by atoms with Crippen LogP contribution in [0.5, 0.6) is 5.75 Å². The first kappa shape index (κ1) is 19.7. The largest absolute Gasteiger partial charge is 0.573 e. The van der Waals surface area contributed by atoms with E-state index in [-0.39, 0.29) is 11.7 Å². The zero-order chi connectivity index (χ0) is 19.3. The van der Waals surface area contributed by atoms with Crippen molar-refractivity contribution in [2.24, 2.45) is 5.92 Å². The van der Waals surface area contributed by atoms with Crippen LogP contribution in [0.4, 0.5) is 13.2 Å². The Kier molecular flexibility index (Phi) is 6.36. The van der Waals surface area contributed by atoms with E-state index >= 15 is 0 Å². The molecule has 0 saturated carbocycles. The summed E-state index contributed by atoms with van der Waals surface area (Å²) in [5.41, 5.74) is 0.371. The van der Waals surface area contributed by atoms with Crippen molar-refractivity contribution >= 4 is 17.7 Å². The van der Waals surface area contributed by atoms with Crippen LogP contribution in [0, 0.1) is 5.92 Å². The molecule has 0 bridgehead atoms. The van der Waals surface area contributed by atoms with Crippen LogP contribution in [0.25, 0.3) is 0 Å². The number of halogens is 3. The van der Waals surface area contributed by atoms with Crippen molar-refractivity contribution < 1.29 is 27.1 Å². The van der Waals surface area contributed by atoms with Crippen molar-refractivity contribution in [1.29, 1.82) is 0 Å². The molecule has 1 amide bonds. The lowest BCUT2D eigenvalue weighted by Gasteiger charge is -2.32. The molecule has 0 N–H and O–H groups in total. The summed E-state index contributed by atoms with van der Waals surface area (Å²) >= 11 is 1.83. The monoisotopic (exact) mass is 399 g/mol. The van der Waals surface area contributed by atoms with Gasteiger partial charge in [-0.1, -0.05) is 0 Å². The third kappa shape index (κ3) is 5.95. The first-order chi connectivity index (χ1) is 12.9. The van der Waals surface area contributed by atoms with Gasteiger partial charge >= 0.3 is 6.36 Å². The first-order valence-electron chi connectivity index (χ1n) is 8.66. The quantitative estimate of drug-likeness (QED) is 0.688. The molecule has 2 heterocycles. The lowest BCUT2D eigenvalue weighted by molar-refractivity contribution is -0.274. The van der Waals surface area contributed by atoms with Crippen molar-refractivity contribution in [1.82, 2.24) is 4.90 Å². The number of carbonyl (C=O) groups is 1. The number of furan rings is 1. The highest BCUT2D eigenvalue weighted by atomic mass is 32.2. The maximum Gasteiger partial charge on any atom is 0.573 e. The van der Waals surface area contributed by atoms with E-state index < -0.39 is 6.36 Å². The average molecular weight is 399 g/mol. The molecule has 2 aromatic rings. The van der Waals surface area contributed by atoms with E-state index in [2.05, 4.69) is 4.74 Å². The van der Waals surface area contributed by atoms with Crippen LogP contribution < -0.4 is 4.74 Å². The number of nitrogens with zero attached hydrogens (tertiary/aromatic N) is 1. The number of ether oxygens (including phenoxy) is 1. The van der Waals surface area contributed by atoms with Crippen molar-refractivity contribution in [2.45, 2.75) is 25.0 Å². The van der Waals surface area contributed by atoms with Crippen LogP contribution in [-0.4, -0.2) is 36.0 Å². The highest BCUT2D eigenvalue weighted by Gasteiger charge is 2.31. The molecule has 8 heteroatoms. The van der Waals surface area contributed by atoms with Crippen molar-refractivity contribution in [3.8, 4) is 5.75 Å². The molecule has 1 aliphatic rings. The predicted molar refractivity (Wildman–Crippen MR) is 96.6 cm³/mol. The van der Waals surface area contributed by atoms with E-state index in [1.165, 1.54) is 24.3 Å². The Morgan fingerprint density at radius 1 is 1.19 bits per heavy atom. The summed E-state index contributed by atoms with van der Waals surface area (Å²) in [6.07, 6.45) is -1.22. The molecule has 0 radical (unpaired) electrons. The standard InChI is InChI=1S/C19H20F3NO3S/c20-19(21,22)26-16-5-3-15(4-6-16)18(24)23-9-7-14(8-10-23)12-27-13-17-2-1-11-25-17/h1-6,11,14H,7-10,12-13H2. The maximum atomic E-state index is 12.5. The number of alkyl halides is 3. The fraction of sp³-hybridized carbons (Fsp3) is 0.421. The van der Waals surface area contributed by atoms with Gasteiger partial charge in [0.15, 0.2) is 0 Å². The Morgan fingerprint density at radius 3 is 2.48 bits per heavy atom. The van der Waals surface area contributed by atoms with Gasteiger partial charge in [0.25, 0.3) is 5.91 Å². The number of benzene rings is 1. The summed E-state index contributed by atoms with van der Waals surface area (Å²) in [6.45, 7) is 1.32. The molecule has 1 aromatic heterocycles. The van der Waals surface area contributed by atoms with Gasteiger partial charge in [0.1, 0.15) is 11.5 Å². The smallest absolute Gasteiger partial charge is 0.468 e. The Morgan fingerprint density at radius 2 is 1.89 bits per heavy atom. The van der Waals surface area contributed by atoms with Gasteiger partial charge < -0.3 is 14.1 Å². The van der Waals surface area contributed by atoms with Crippen LogP contribution in [0.15, 0.2) is 47.1 Å². The second-order valence-corrected chi connectivity index (χ2v) is 7.43. The van der Waals surface area contributed by atoms with Crippen LogP contribution >= 0.6 is 11.8 Å².